The van der Waals surface area contributed by atoms with Crippen LogP contribution in [0.5, 0.6) is 11.5 Å². The molecule has 0 bridgehead atoms. The highest BCUT2D eigenvalue weighted by Gasteiger charge is 2.21. The van der Waals surface area contributed by atoms with E-state index in [4.69, 9.17) is 9.72 Å². The molecule has 3 nitrogen and oxygen atoms in total. The molecule has 0 aliphatic carbocycles. The summed E-state index contributed by atoms with van der Waals surface area (Å²) in [7, 11) is 0. The number of fused-ring (bicyclic) bond motifs is 3. The standard InChI is InChI=1S/C41H26N2O/c1-2-9-27(10-3-1)28-17-19-30(20-18-28)41-42-36-14-5-6-15-37(36)43(41)31-23-21-29(22-24-31)32-25-26-39-40-34(32)12-8-13-35(40)33-11-4-7-16-38(33)44-39/h1-26H. The van der Waals surface area contributed by atoms with Gasteiger partial charge in [0.15, 0.2) is 0 Å². The maximum absolute atomic E-state index is 6.33. The van der Waals surface area contributed by atoms with Gasteiger partial charge in [0.1, 0.15) is 17.3 Å². The van der Waals surface area contributed by atoms with Crippen molar-refractivity contribution in [3.63, 3.8) is 0 Å². The SMILES string of the molecule is c1ccc(-c2ccc(-c3nc4ccccc4n3-c3ccc(-c4ccc5c6c(cccc46)-c4ccccc4O5)cc3)cc2)cc1. The van der Waals surface area contributed by atoms with Gasteiger partial charge in [0.05, 0.1) is 11.0 Å². The molecule has 2 heterocycles. The Morgan fingerprint density at radius 2 is 1.11 bits per heavy atom. The lowest BCUT2D eigenvalue weighted by Gasteiger charge is -2.22. The minimum Gasteiger partial charge on any atom is -0.456 e. The van der Waals surface area contributed by atoms with Crippen LogP contribution in [0.25, 0.3) is 72.3 Å². The first-order valence-electron chi connectivity index (χ1n) is 14.9. The molecule has 44 heavy (non-hydrogen) atoms. The molecule has 3 heteroatoms. The molecule has 206 valence electrons. The van der Waals surface area contributed by atoms with Crippen molar-refractivity contribution >= 4 is 21.8 Å². The zero-order valence-electron chi connectivity index (χ0n) is 23.8. The van der Waals surface area contributed by atoms with Crippen molar-refractivity contribution in [3.8, 4) is 62.0 Å². The Hall–Kier alpha value is -5.93. The van der Waals surface area contributed by atoms with Gasteiger partial charge in [-0.3, -0.25) is 4.57 Å². The molecule has 1 aromatic heterocycles. The summed E-state index contributed by atoms with van der Waals surface area (Å²) < 4.78 is 8.59. The van der Waals surface area contributed by atoms with Crippen molar-refractivity contribution in [2.24, 2.45) is 0 Å². The van der Waals surface area contributed by atoms with Gasteiger partial charge in [-0.05, 0) is 69.6 Å². The molecule has 0 atom stereocenters. The third kappa shape index (κ3) is 3.87. The van der Waals surface area contributed by atoms with E-state index in [1.54, 1.807) is 0 Å². The number of hydrogen-bond acceptors (Lipinski definition) is 2. The van der Waals surface area contributed by atoms with Gasteiger partial charge in [0.25, 0.3) is 0 Å². The Bertz CT molecular complexity index is 2330. The van der Waals surface area contributed by atoms with Crippen molar-refractivity contribution < 1.29 is 4.74 Å². The van der Waals surface area contributed by atoms with Crippen LogP contribution in [0.4, 0.5) is 0 Å². The van der Waals surface area contributed by atoms with E-state index in [1.165, 1.54) is 27.6 Å². The van der Waals surface area contributed by atoms with Gasteiger partial charge in [0.2, 0.25) is 0 Å². The lowest BCUT2D eigenvalue weighted by molar-refractivity contribution is 0.487. The van der Waals surface area contributed by atoms with Crippen LogP contribution in [0.3, 0.4) is 0 Å². The molecule has 0 fully saturated rings. The van der Waals surface area contributed by atoms with Crippen LogP contribution in [0.15, 0.2) is 158 Å². The highest BCUT2D eigenvalue weighted by atomic mass is 16.5. The number of hydrogen-bond donors (Lipinski definition) is 0. The summed E-state index contributed by atoms with van der Waals surface area (Å²) in [6.07, 6.45) is 0. The molecule has 0 radical (unpaired) electrons. The van der Waals surface area contributed by atoms with Gasteiger partial charge in [0, 0.05) is 22.2 Å². The molecule has 0 saturated carbocycles. The highest BCUT2D eigenvalue weighted by molar-refractivity contribution is 6.09. The molecule has 1 aliphatic rings. The van der Waals surface area contributed by atoms with Gasteiger partial charge in [-0.15, -0.1) is 0 Å². The topological polar surface area (TPSA) is 27.1 Å². The van der Waals surface area contributed by atoms with Crippen LogP contribution < -0.4 is 4.74 Å². The van der Waals surface area contributed by atoms with E-state index in [9.17, 15) is 0 Å². The quantitative estimate of drug-likeness (QED) is 0.213. The number of para-hydroxylation sites is 3. The minimum atomic E-state index is 0.905. The number of ether oxygens (including phenoxy) is 1. The van der Waals surface area contributed by atoms with Crippen LogP contribution in [0, 0.1) is 0 Å². The predicted octanol–water partition coefficient (Wildman–Crippen LogP) is 11.0. The van der Waals surface area contributed by atoms with Crippen molar-refractivity contribution in [3.05, 3.63) is 158 Å². The average molecular weight is 563 g/mol. The van der Waals surface area contributed by atoms with Gasteiger partial charge >= 0.3 is 0 Å². The summed E-state index contributed by atoms with van der Waals surface area (Å²) in [5, 5.41) is 2.35. The van der Waals surface area contributed by atoms with E-state index < -0.39 is 0 Å². The number of rotatable bonds is 4. The van der Waals surface area contributed by atoms with Crippen LogP contribution in [-0.2, 0) is 0 Å². The van der Waals surface area contributed by atoms with Gasteiger partial charge < -0.3 is 4.74 Å². The average Bonchev–Trinajstić information content (AvgIpc) is 3.49. The molecule has 0 saturated heterocycles. The normalized spacial score (nSPS) is 11.8. The summed E-state index contributed by atoms with van der Waals surface area (Å²) in [6, 6.07) is 55.4. The first kappa shape index (κ1) is 24.6. The van der Waals surface area contributed by atoms with Gasteiger partial charge in [-0.25, -0.2) is 4.98 Å². The second-order valence-corrected chi connectivity index (χ2v) is 11.2. The Morgan fingerprint density at radius 3 is 1.98 bits per heavy atom. The molecule has 0 amide bonds. The smallest absolute Gasteiger partial charge is 0.145 e. The van der Waals surface area contributed by atoms with Crippen molar-refractivity contribution in [1.82, 2.24) is 9.55 Å². The first-order valence-corrected chi connectivity index (χ1v) is 14.9. The molecule has 1 aliphatic heterocycles. The maximum atomic E-state index is 6.33. The lowest BCUT2D eigenvalue weighted by atomic mass is 9.90. The van der Waals surface area contributed by atoms with Crippen LogP contribution in [0.1, 0.15) is 0 Å². The molecule has 0 unspecified atom stereocenters. The predicted molar refractivity (Wildman–Crippen MR) is 180 cm³/mol. The van der Waals surface area contributed by atoms with E-state index >= 15 is 0 Å². The monoisotopic (exact) mass is 562 g/mol. The molecular formula is C41H26N2O. The third-order valence-corrected chi connectivity index (χ3v) is 8.65. The zero-order valence-corrected chi connectivity index (χ0v) is 23.8. The molecule has 0 N–H and O–H groups in total. The van der Waals surface area contributed by atoms with E-state index in [1.807, 2.05) is 24.3 Å². The summed E-state index contributed by atoms with van der Waals surface area (Å²) in [5.74, 6) is 2.74. The highest BCUT2D eigenvalue weighted by Crippen LogP contribution is 2.48. The fourth-order valence-electron chi connectivity index (χ4n) is 6.55. The van der Waals surface area contributed by atoms with Crippen molar-refractivity contribution in [2.75, 3.05) is 0 Å². The Morgan fingerprint density at radius 1 is 0.432 bits per heavy atom. The van der Waals surface area contributed by atoms with E-state index in [0.717, 1.165) is 56.1 Å². The van der Waals surface area contributed by atoms with E-state index in [0.29, 0.717) is 0 Å². The number of aromatic nitrogens is 2. The van der Waals surface area contributed by atoms with Crippen LogP contribution >= 0.6 is 0 Å². The Balaban J connectivity index is 1.14. The molecular weight excluding hydrogens is 536 g/mol. The van der Waals surface area contributed by atoms with Gasteiger partial charge in [-0.2, -0.15) is 0 Å². The van der Waals surface area contributed by atoms with E-state index in [2.05, 4.69) is 138 Å². The second kappa shape index (κ2) is 9.82. The van der Waals surface area contributed by atoms with Crippen LogP contribution in [0.2, 0.25) is 0 Å². The summed E-state index contributed by atoms with van der Waals surface area (Å²) in [5.41, 5.74) is 11.3. The third-order valence-electron chi connectivity index (χ3n) is 8.65. The molecule has 9 rings (SSSR count). The molecule has 7 aromatic carbocycles. The lowest BCUT2D eigenvalue weighted by Crippen LogP contribution is -1.98. The fourth-order valence-corrected chi connectivity index (χ4v) is 6.55. The minimum absolute atomic E-state index is 0.905. The Labute approximate surface area is 255 Å². The molecule has 0 spiro atoms. The van der Waals surface area contributed by atoms with E-state index in [-0.39, 0.29) is 0 Å². The maximum Gasteiger partial charge on any atom is 0.145 e. The zero-order chi connectivity index (χ0) is 29.0. The Kier molecular flexibility index (Phi) is 5.50. The van der Waals surface area contributed by atoms with Crippen molar-refractivity contribution in [1.29, 1.82) is 0 Å². The summed E-state index contributed by atoms with van der Waals surface area (Å²) in [4.78, 5) is 5.09. The van der Waals surface area contributed by atoms with Gasteiger partial charge in [-0.1, -0.05) is 121 Å². The number of nitrogens with zero attached hydrogens (tertiary/aromatic N) is 2. The number of imidazole rings is 1. The second-order valence-electron chi connectivity index (χ2n) is 11.2. The first-order chi connectivity index (χ1) is 21.8. The van der Waals surface area contributed by atoms with Crippen molar-refractivity contribution in [2.45, 2.75) is 0 Å². The summed E-state index contributed by atoms with van der Waals surface area (Å²) in [6.45, 7) is 0. The fraction of sp³-hybridized carbons (Fsp3) is 0. The number of benzene rings is 7. The van der Waals surface area contributed by atoms with Crippen LogP contribution in [-0.4, -0.2) is 9.55 Å². The summed E-state index contributed by atoms with van der Waals surface area (Å²) >= 11 is 0. The molecule has 8 aromatic rings. The largest absolute Gasteiger partial charge is 0.456 e.